The van der Waals surface area contributed by atoms with E-state index in [1.165, 1.54) is 6.33 Å². The molecule has 1 aromatic carbocycles. The predicted octanol–water partition coefficient (Wildman–Crippen LogP) is 3.77. The lowest BCUT2D eigenvalue weighted by molar-refractivity contribution is 0.140. The molecule has 1 aromatic heterocycles. The highest BCUT2D eigenvalue weighted by atomic mass is 35.5. The number of anilines is 1. The summed E-state index contributed by atoms with van der Waals surface area (Å²) in [6.45, 7) is 3.27. The predicted molar refractivity (Wildman–Crippen MR) is 97.1 cm³/mol. The van der Waals surface area contributed by atoms with Crippen LogP contribution in [0.15, 0.2) is 36.7 Å². The first kappa shape index (κ1) is 17.5. The molecule has 1 amide bonds. The summed E-state index contributed by atoms with van der Waals surface area (Å²) in [6.07, 6.45) is 3.61. The van der Waals surface area contributed by atoms with Crippen molar-refractivity contribution in [1.29, 1.82) is 0 Å². The van der Waals surface area contributed by atoms with Crippen LogP contribution in [0.25, 0.3) is 0 Å². The highest BCUT2D eigenvalue weighted by Gasteiger charge is 2.25. The van der Waals surface area contributed by atoms with Crippen molar-refractivity contribution >= 4 is 23.5 Å². The number of ether oxygens (including phenoxy) is 1. The number of carbonyl (C=O) groups is 1. The number of hydrogen-bond donors (Lipinski definition) is 1. The van der Waals surface area contributed by atoms with Gasteiger partial charge in [0.05, 0.1) is 5.69 Å². The molecule has 0 unspecified atom stereocenters. The van der Waals surface area contributed by atoms with Crippen LogP contribution >= 0.6 is 11.6 Å². The van der Waals surface area contributed by atoms with E-state index in [1.807, 2.05) is 25.1 Å². The summed E-state index contributed by atoms with van der Waals surface area (Å²) in [6, 6.07) is 9.33. The minimum Gasteiger partial charge on any atom is -0.410 e. The summed E-state index contributed by atoms with van der Waals surface area (Å²) in [5, 5.41) is 3.95. The van der Waals surface area contributed by atoms with Crippen LogP contribution in [0.4, 0.5) is 10.6 Å². The zero-order chi connectivity index (χ0) is 17.6. The van der Waals surface area contributed by atoms with E-state index >= 15 is 0 Å². The van der Waals surface area contributed by atoms with E-state index in [9.17, 15) is 4.79 Å². The second-order valence-corrected chi connectivity index (χ2v) is 6.30. The van der Waals surface area contributed by atoms with E-state index in [0.29, 0.717) is 29.7 Å². The summed E-state index contributed by atoms with van der Waals surface area (Å²) in [5.41, 5.74) is 0.836. The Morgan fingerprint density at radius 1 is 1.28 bits per heavy atom. The standard InChI is InChI=1S/C18H21ClN4O2/c1-2-15-16(19)17(21-12-20-15)22-13-8-10-23(11-9-13)18(24)25-14-6-4-3-5-7-14/h3-7,12-13H,2,8-11H2,1H3,(H,20,21,22). The first-order valence-electron chi connectivity index (χ1n) is 8.45. The number of halogens is 1. The summed E-state index contributed by atoms with van der Waals surface area (Å²) < 4.78 is 5.38. The van der Waals surface area contributed by atoms with E-state index in [0.717, 1.165) is 25.0 Å². The molecule has 1 N–H and O–H groups in total. The largest absolute Gasteiger partial charge is 0.415 e. The molecule has 25 heavy (non-hydrogen) atoms. The fraction of sp³-hybridized carbons (Fsp3) is 0.389. The first-order chi connectivity index (χ1) is 12.2. The molecular weight excluding hydrogens is 340 g/mol. The van der Waals surface area contributed by atoms with Crippen LogP contribution in [-0.2, 0) is 6.42 Å². The minimum atomic E-state index is -0.307. The van der Waals surface area contributed by atoms with Crippen molar-refractivity contribution < 1.29 is 9.53 Å². The fourth-order valence-electron chi connectivity index (χ4n) is 2.81. The molecular formula is C18H21ClN4O2. The van der Waals surface area contributed by atoms with Crippen LogP contribution in [0.1, 0.15) is 25.5 Å². The van der Waals surface area contributed by atoms with E-state index in [2.05, 4.69) is 15.3 Å². The maximum atomic E-state index is 12.2. The zero-order valence-corrected chi connectivity index (χ0v) is 14.9. The number of hydrogen-bond acceptors (Lipinski definition) is 5. The van der Waals surface area contributed by atoms with Gasteiger partial charge in [-0.05, 0) is 31.4 Å². The van der Waals surface area contributed by atoms with Crippen LogP contribution in [0.2, 0.25) is 5.02 Å². The summed E-state index contributed by atoms with van der Waals surface area (Å²) in [7, 11) is 0. The second-order valence-electron chi connectivity index (χ2n) is 5.92. The van der Waals surface area contributed by atoms with Gasteiger partial charge < -0.3 is 15.0 Å². The highest BCUT2D eigenvalue weighted by molar-refractivity contribution is 6.33. The van der Waals surface area contributed by atoms with Gasteiger partial charge in [-0.25, -0.2) is 14.8 Å². The SMILES string of the molecule is CCc1ncnc(NC2CCN(C(=O)Oc3ccccc3)CC2)c1Cl. The van der Waals surface area contributed by atoms with Crippen LogP contribution < -0.4 is 10.1 Å². The number of nitrogens with one attached hydrogen (secondary N) is 1. The molecule has 1 fully saturated rings. The molecule has 132 valence electrons. The number of aromatic nitrogens is 2. The fourth-order valence-corrected chi connectivity index (χ4v) is 3.09. The summed E-state index contributed by atoms with van der Waals surface area (Å²) in [5.74, 6) is 1.23. The normalized spacial score (nSPS) is 15.0. The van der Waals surface area contributed by atoms with Gasteiger partial charge in [0, 0.05) is 19.1 Å². The number of rotatable bonds is 4. The summed E-state index contributed by atoms with van der Waals surface area (Å²) in [4.78, 5) is 22.3. The number of piperidine rings is 1. The van der Waals surface area contributed by atoms with Crippen molar-refractivity contribution in [2.75, 3.05) is 18.4 Å². The van der Waals surface area contributed by atoms with Crippen LogP contribution in [0.5, 0.6) is 5.75 Å². The molecule has 0 radical (unpaired) electrons. The Kier molecular flexibility index (Phi) is 5.71. The molecule has 2 aromatic rings. The quantitative estimate of drug-likeness (QED) is 0.898. The van der Waals surface area contributed by atoms with Gasteiger partial charge in [0.25, 0.3) is 0 Å². The van der Waals surface area contributed by atoms with Gasteiger partial charge in [-0.3, -0.25) is 0 Å². The minimum absolute atomic E-state index is 0.220. The molecule has 7 heteroatoms. The Balaban J connectivity index is 1.53. The van der Waals surface area contributed by atoms with Crippen molar-refractivity contribution in [3.8, 4) is 5.75 Å². The van der Waals surface area contributed by atoms with Crippen LogP contribution in [-0.4, -0.2) is 40.1 Å². The molecule has 6 nitrogen and oxygen atoms in total. The average Bonchev–Trinajstić information content (AvgIpc) is 2.65. The first-order valence-corrected chi connectivity index (χ1v) is 8.83. The lowest BCUT2D eigenvalue weighted by atomic mass is 10.1. The molecule has 1 aliphatic rings. The van der Waals surface area contributed by atoms with Crippen LogP contribution in [0, 0.1) is 0 Å². The van der Waals surface area contributed by atoms with Crippen molar-refractivity contribution in [3.05, 3.63) is 47.4 Å². The van der Waals surface area contributed by atoms with Gasteiger partial charge in [0.2, 0.25) is 0 Å². The summed E-state index contributed by atoms with van der Waals surface area (Å²) >= 11 is 6.33. The lowest BCUT2D eigenvalue weighted by Crippen LogP contribution is -2.43. The van der Waals surface area contributed by atoms with Crippen molar-refractivity contribution in [1.82, 2.24) is 14.9 Å². The molecule has 0 spiro atoms. The Hall–Kier alpha value is -2.34. The van der Waals surface area contributed by atoms with E-state index < -0.39 is 0 Å². The van der Waals surface area contributed by atoms with Gasteiger partial charge in [0.15, 0.2) is 0 Å². The highest BCUT2D eigenvalue weighted by Crippen LogP contribution is 2.25. The van der Waals surface area contributed by atoms with Crippen molar-refractivity contribution in [3.63, 3.8) is 0 Å². The van der Waals surface area contributed by atoms with E-state index in [-0.39, 0.29) is 12.1 Å². The number of aryl methyl sites for hydroxylation is 1. The Labute approximate surface area is 152 Å². The third-order valence-electron chi connectivity index (χ3n) is 4.24. The molecule has 0 aliphatic carbocycles. The Morgan fingerprint density at radius 3 is 2.68 bits per heavy atom. The van der Waals surface area contributed by atoms with Gasteiger partial charge in [0.1, 0.15) is 22.9 Å². The number of carbonyl (C=O) groups excluding carboxylic acids is 1. The number of amides is 1. The molecule has 0 saturated carbocycles. The van der Waals surface area contributed by atoms with Crippen LogP contribution in [0.3, 0.4) is 0 Å². The molecule has 3 rings (SSSR count). The molecule has 0 bridgehead atoms. The van der Waals surface area contributed by atoms with Gasteiger partial charge >= 0.3 is 6.09 Å². The molecule has 0 atom stereocenters. The maximum Gasteiger partial charge on any atom is 0.415 e. The Bertz CT molecular complexity index is 718. The second kappa shape index (κ2) is 8.16. The van der Waals surface area contributed by atoms with Crippen molar-refractivity contribution in [2.24, 2.45) is 0 Å². The van der Waals surface area contributed by atoms with Gasteiger partial charge in [-0.15, -0.1) is 0 Å². The smallest absolute Gasteiger partial charge is 0.410 e. The number of para-hydroxylation sites is 1. The van der Waals surface area contributed by atoms with Crippen molar-refractivity contribution in [2.45, 2.75) is 32.2 Å². The van der Waals surface area contributed by atoms with E-state index in [4.69, 9.17) is 16.3 Å². The molecule has 1 saturated heterocycles. The number of nitrogens with zero attached hydrogens (tertiary/aromatic N) is 3. The maximum absolute atomic E-state index is 12.2. The number of benzene rings is 1. The molecule has 2 heterocycles. The Morgan fingerprint density at radius 2 is 2.00 bits per heavy atom. The van der Waals surface area contributed by atoms with E-state index in [1.54, 1.807) is 17.0 Å². The topological polar surface area (TPSA) is 67.4 Å². The average molecular weight is 361 g/mol. The zero-order valence-electron chi connectivity index (χ0n) is 14.1. The third kappa shape index (κ3) is 4.39. The van der Waals surface area contributed by atoms with Gasteiger partial charge in [-0.2, -0.15) is 0 Å². The third-order valence-corrected chi connectivity index (χ3v) is 4.64. The molecule has 1 aliphatic heterocycles. The van der Waals surface area contributed by atoms with Gasteiger partial charge in [-0.1, -0.05) is 36.7 Å². The monoisotopic (exact) mass is 360 g/mol. The number of likely N-dealkylation sites (tertiary alicyclic amines) is 1. The lowest BCUT2D eigenvalue weighted by Gasteiger charge is -2.32.